The summed E-state index contributed by atoms with van der Waals surface area (Å²) in [6.07, 6.45) is 1.50. The summed E-state index contributed by atoms with van der Waals surface area (Å²) in [5.41, 5.74) is 4.55. The van der Waals surface area contributed by atoms with Crippen molar-refractivity contribution in [3.63, 3.8) is 0 Å². The van der Waals surface area contributed by atoms with E-state index in [1.54, 1.807) is 42.5 Å². The third kappa shape index (κ3) is 6.43. The first-order valence-corrected chi connectivity index (χ1v) is 12.8. The van der Waals surface area contributed by atoms with Gasteiger partial charge >= 0.3 is 0 Å². The summed E-state index contributed by atoms with van der Waals surface area (Å²) in [5.74, 6) is -0.574. The Hall–Kier alpha value is -2.69. The Morgan fingerprint density at radius 2 is 1.73 bits per heavy atom. The van der Waals surface area contributed by atoms with Crippen LogP contribution in [-0.2, 0) is 14.8 Å². The van der Waals surface area contributed by atoms with E-state index in [2.05, 4.69) is 42.4 Å². The summed E-state index contributed by atoms with van der Waals surface area (Å²) in [7, 11) is -0.0946. The molecule has 0 atom stereocenters. The molecule has 3 aromatic carbocycles. The highest BCUT2D eigenvalue weighted by Gasteiger charge is 2.27. The third-order valence-corrected chi connectivity index (χ3v) is 7.49. The van der Waals surface area contributed by atoms with E-state index in [4.69, 9.17) is 0 Å². The average Bonchev–Trinajstić information content (AvgIpc) is 2.78. The fourth-order valence-corrected chi connectivity index (χ4v) is 5.55. The van der Waals surface area contributed by atoms with E-state index in [9.17, 15) is 13.2 Å². The standard InChI is InChI=1S/C23H22Br2N4O3S/c1-28(2)22-12-11-17(13-21(22)25)15-26-27-23(30)16-29(19-8-6-7-18(24)14-19)33(31,32)20-9-4-3-5-10-20/h3-15H,16H2,1-2H3,(H,27,30)/b26-15-. The van der Waals surface area contributed by atoms with Gasteiger partial charge in [0.25, 0.3) is 15.9 Å². The summed E-state index contributed by atoms with van der Waals surface area (Å²) in [6, 6.07) is 20.4. The van der Waals surface area contributed by atoms with Crippen LogP contribution in [-0.4, -0.2) is 41.2 Å². The predicted molar refractivity (Wildman–Crippen MR) is 139 cm³/mol. The first-order valence-electron chi connectivity index (χ1n) is 9.80. The van der Waals surface area contributed by atoms with E-state index >= 15 is 0 Å². The lowest BCUT2D eigenvalue weighted by Gasteiger charge is -2.23. The maximum Gasteiger partial charge on any atom is 0.264 e. The molecule has 0 bridgehead atoms. The van der Waals surface area contributed by atoms with Crippen molar-refractivity contribution in [2.24, 2.45) is 5.10 Å². The number of benzene rings is 3. The molecule has 0 saturated carbocycles. The fraction of sp³-hybridized carbons (Fsp3) is 0.130. The summed E-state index contributed by atoms with van der Waals surface area (Å²) in [5, 5.41) is 3.99. The van der Waals surface area contributed by atoms with Gasteiger partial charge in [-0.15, -0.1) is 0 Å². The van der Waals surface area contributed by atoms with Crippen LogP contribution in [0.2, 0.25) is 0 Å². The van der Waals surface area contributed by atoms with Gasteiger partial charge in [-0.3, -0.25) is 9.10 Å². The molecule has 1 amide bonds. The molecule has 0 aliphatic rings. The van der Waals surface area contributed by atoms with E-state index in [-0.39, 0.29) is 4.90 Å². The average molecular weight is 594 g/mol. The number of amides is 1. The molecule has 0 unspecified atom stereocenters. The van der Waals surface area contributed by atoms with Crippen molar-refractivity contribution in [2.75, 3.05) is 29.8 Å². The van der Waals surface area contributed by atoms with Crippen LogP contribution in [0.4, 0.5) is 11.4 Å². The Balaban J connectivity index is 1.79. The number of hydrogen-bond acceptors (Lipinski definition) is 5. The lowest BCUT2D eigenvalue weighted by Crippen LogP contribution is -2.39. The van der Waals surface area contributed by atoms with Crippen molar-refractivity contribution in [1.29, 1.82) is 0 Å². The number of sulfonamides is 1. The molecule has 0 fully saturated rings. The highest BCUT2D eigenvalue weighted by atomic mass is 79.9. The molecule has 0 aromatic heterocycles. The molecular formula is C23H22Br2N4O3S. The number of carbonyl (C=O) groups excluding carboxylic acids is 1. The summed E-state index contributed by atoms with van der Waals surface area (Å²) in [4.78, 5) is 14.7. The van der Waals surface area contributed by atoms with E-state index in [0.717, 1.165) is 20.0 Å². The topological polar surface area (TPSA) is 82.1 Å². The van der Waals surface area contributed by atoms with E-state index in [1.807, 2.05) is 37.2 Å². The zero-order chi connectivity index (χ0) is 24.0. The zero-order valence-corrected chi connectivity index (χ0v) is 21.9. The SMILES string of the molecule is CN(C)c1ccc(/C=N\NC(=O)CN(c2cccc(Br)c2)S(=O)(=O)c2ccccc2)cc1Br. The maximum atomic E-state index is 13.3. The number of halogens is 2. The van der Waals surface area contributed by atoms with Crippen molar-refractivity contribution in [3.8, 4) is 0 Å². The van der Waals surface area contributed by atoms with Crippen LogP contribution < -0.4 is 14.6 Å². The molecule has 1 N–H and O–H groups in total. The van der Waals surface area contributed by atoms with Gasteiger partial charge in [-0.2, -0.15) is 5.10 Å². The van der Waals surface area contributed by atoms with E-state index < -0.39 is 22.5 Å². The Kier molecular flexibility index (Phi) is 8.28. The highest BCUT2D eigenvalue weighted by molar-refractivity contribution is 9.10. The molecule has 0 aliphatic carbocycles. The molecule has 172 valence electrons. The van der Waals surface area contributed by atoms with Gasteiger partial charge in [-0.1, -0.05) is 46.3 Å². The van der Waals surface area contributed by atoms with Crippen molar-refractivity contribution in [2.45, 2.75) is 4.90 Å². The van der Waals surface area contributed by atoms with Crippen molar-refractivity contribution < 1.29 is 13.2 Å². The minimum atomic E-state index is -3.97. The molecule has 0 radical (unpaired) electrons. The van der Waals surface area contributed by atoms with E-state index in [0.29, 0.717) is 10.2 Å². The Morgan fingerprint density at radius 3 is 2.36 bits per heavy atom. The lowest BCUT2D eigenvalue weighted by molar-refractivity contribution is -0.119. The van der Waals surface area contributed by atoms with E-state index in [1.165, 1.54) is 18.3 Å². The first kappa shape index (κ1) is 24.9. The molecule has 0 heterocycles. The van der Waals surface area contributed by atoms with Crippen molar-refractivity contribution in [3.05, 3.63) is 87.3 Å². The van der Waals surface area contributed by atoms with Gasteiger partial charge in [0.2, 0.25) is 0 Å². The van der Waals surface area contributed by atoms with Crippen molar-refractivity contribution >= 4 is 65.4 Å². The minimum Gasteiger partial charge on any atom is -0.377 e. The Morgan fingerprint density at radius 1 is 1.00 bits per heavy atom. The number of nitrogens with zero attached hydrogens (tertiary/aromatic N) is 3. The first-order chi connectivity index (χ1) is 15.7. The quantitative estimate of drug-likeness (QED) is 0.305. The molecule has 0 saturated heterocycles. The van der Waals surface area contributed by atoms with Crippen LogP contribution in [0.3, 0.4) is 0 Å². The number of hydrazone groups is 1. The van der Waals surface area contributed by atoms with Crippen LogP contribution in [0.1, 0.15) is 5.56 Å². The Labute approximate surface area is 210 Å². The number of rotatable bonds is 8. The Bertz CT molecular complexity index is 1270. The molecule has 10 heteroatoms. The monoisotopic (exact) mass is 592 g/mol. The fourth-order valence-electron chi connectivity index (χ4n) is 2.98. The number of hydrogen-bond donors (Lipinski definition) is 1. The second-order valence-corrected chi connectivity index (χ2v) is 10.8. The molecule has 3 rings (SSSR count). The molecule has 7 nitrogen and oxygen atoms in total. The second kappa shape index (κ2) is 11.0. The van der Waals surface area contributed by atoms with Gasteiger partial charge in [0.05, 0.1) is 22.5 Å². The van der Waals surface area contributed by atoms with Gasteiger partial charge < -0.3 is 4.90 Å². The highest BCUT2D eigenvalue weighted by Crippen LogP contribution is 2.26. The lowest BCUT2D eigenvalue weighted by atomic mass is 10.2. The second-order valence-electron chi connectivity index (χ2n) is 7.20. The van der Waals surface area contributed by atoms with Crippen LogP contribution in [0.15, 0.2) is 91.7 Å². The zero-order valence-electron chi connectivity index (χ0n) is 17.9. The van der Waals surface area contributed by atoms with Gasteiger partial charge in [-0.05, 0) is 64.0 Å². The van der Waals surface area contributed by atoms with Gasteiger partial charge in [0.15, 0.2) is 0 Å². The molecule has 0 aliphatic heterocycles. The number of anilines is 2. The molecule has 33 heavy (non-hydrogen) atoms. The van der Waals surface area contributed by atoms with Gasteiger partial charge in [0.1, 0.15) is 6.54 Å². The number of nitrogens with one attached hydrogen (secondary N) is 1. The molecule has 3 aromatic rings. The smallest absolute Gasteiger partial charge is 0.264 e. The summed E-state index contributed by atoms with van der Waals surface area (Å²) >= 11 is 6.86. The summed E-state index contributed by atoms with van der Waals surface area (Å²) in [6.45, 7) is -0.436. The summed E-state index contributed by atoms with van der Waals surface area (Å²) < 4.78 is 29.2. The maximum absolute atomic E-state index is 13.3. The van der Waals surface area contributed by atoms with Crippen LogP contribution in [0, 0.1) is 0 Å². The van der Waals surface area contributed by atoms with Crippen LogP contribution in [0.25, 0.3) is 0 Å². The number of carbonyl (C=O) groups is 1. The largest absolute Gasteiger partial charge is 0.377 e. The van der Waals surface area contributed by atoms with Crippen LogP contribution in [0.5, 0.6) is 0 Å². The molecule has 0 spiro atoms. The van der Waals surface area contributed by atoms with Gasteiger partial charge in [0, 0.05) is 23.0 Å². The van der Waals surface area contributed by atoms with Gasteiger partial charge in [-0.25, -0.2) is 13.8 Å². The van der Waals surface area contributed by atoms with Crippen molar-refractivity contribution in [1.82, 2.24) is 5.43 Å². The predicted octanol–water partition coefficient (Wildman–Crippen LogP) is 4.62. The molecular weight excluding hydrogens is 572 g/mol. The van der Waals surface area contributed by atoms with Crippen LogP contribution >= 0.6 is 31.9 Å². The normalized spacial score (nSPS) is 11.4. The minimum absolute atomic E-state index is 0.0899. The third-order valence-electron chi connectivity index (χ3n) is 4.57.